The zero-order valence-corrected chi connectivity index (χ0v) is 18.7. The van der Waals surface area contributed by atoms with Crippen molar-refractivity contribution in [2.75, 3.05) is 6.54 Å². The third-order valence-electron chi connectivity index (χ3n) is 6.07. The lowest BCUT2D eigenvalue weighted by Crippen LogP contribution is -2.31. The predicted octanol–water partition coefficient (Wildman–Crippen LogP) is 5.04. The van der Waals surface area contributed by atoms with E-state index in [2.05, 4.69) is 0 Å². The van der Waals surface area contributed by atoms with Gasteiger partial charge in [-0.25, -0.2) is 4.39 Å². The van der Waals surface area contributed by atoms with E-state index in [0.717, 1.165) is 21.3 Å². The number of hydrogen-bond acceptors (Lipinski definition) is 4. The van der Waals surface area contributed by atoms with Gasteiger partial charge >= 0.3 is 0 Å². The van der Waals surface area contributed by atoms with E-state index in [4.69, 9.17) is 0 Å². The Kier molecular flexibility index (Phi) is 5.34. The van der Waals surface area contributed by atoms with Crippen molar-refractivity contribution in [1.82, 2.24) is 9.47 Å². The van der Waals surface area contributed by atoms with Crippen LogP contribution in [0.25, 0.3) is 16.7 Å². The van der Waals surface area contributed by atoms with Crippen molar-refractivity contribution in [2.45, 2.75) is 12.5 Å². The molecule has 1 fully saturated rings. The number of aryl methyl sites for hydroxylation is 1. The van der Waals surface area contributed by atoms with Crippen LogP contribution in [0.3, 0.4) is 0 Å². The van der Waals surface area contributed by atoms with Gasteiger partial charge in [0.2, 0.25) is 0 Å². The number of carbonyl (C=O) groups is 2. The molecule has 166 valence electrons. The van der Waals surface area contributed by atoms with Crippen molar-refractivity contribution >= 4 is 39.7 Å². The number of benzene rings is 2. The molecule has 3 heterocycles. The first-order chi connectivity index (χ1) is 16.0. The first kappa shape index (κ1) is 21.2. The minimum Gasteiger partial charge on any atom is -0.507 e. The van der Waals surface area contributed by atoms with E-state index in [9.17, 15) is 19.1 Å². The van der Waals surface area contributed by atoms with Gasteiger partial charge in [-0.05, 0) is 53.8 Å². The topological polar surface area (TPSA) is 62.5 Å². The maximum Gasteiger partial charge on any atom is 0.295 e. The lowest BCUT2D eigenvalue weighted by molar-refractivity contribution is -0.139. The first-order valence-corrected chi connectivity index (χ1v) is 11.4. The van der Waals surface area contributed by atoms with Gasteiger partial charge in [0, 0.05) is 41.1 Å². The fraction of sp³-hybridized carbons (Fsp3) is 0.154. The number of nitrogens with zero attached hydrogens (tertiary/aromatic N) is 2. The van der Waals surface area contributed by atoms with Gasteiger partial charge < -0.3 is 14.6 Å². The van der Waals surface area contributed by atoms with E-state index in [1.807, 2.05) is 59.6 Å². The minimum atomic E-state index is -0.729. The second-order valence-electron chi connectivity index (χ2n) is 8.05. The molecule has 0 spiro atoms. The number of likely N-dealkylation sites (tertiary alicyclic amines) is 1. The zero-order chi connectivity index (χ0) is 23.1. The molecule has 0 saturated carbocycles. The van der Waals surface area contributed by atoms with Crippen molar-refractivity contribution in [1.29, 1.82) is 0 Å². The Morgan fingerprint density at radius 3 is 2.55 bits per heavy atom. The summed E-state index contributed by atoms with van der Waals surface area (Å²) < 4.78 is 15.4. The number of halogens is 1. The van der Waals surface area contributed by atoms with Crippen LogP contribution in [0, 0.1) is 5.82 Å². The Morgan fingerprint density at radius 1 is 1.06 bits per heavy atom. The summed E-state index contributed by atoms with van der Waals surface area (Å²) in [7, 11) is 1.98. The summed E-state index contributed by atoms with van der Waals surface area (Å²) in [6, 6.07) is 16.3. The fourth-order valence-electron chi connectivity index (χ4n) is 4.48. The summed E-state index contributed by atoms with van der Waals surface area (Å²) >= 11 is 1.42. The number of Topliss-reactive ketones (excluding diaryl/α,β-unsaturated/α-hetero) is 1. The van der Waals surface area contributed by atoms with Crippen molar-refractivity contribution in [2.24, 2.45) is 7.05 Å². The highest BCUT2D eigenvalue weighted by Crippen LogP contribution is 2.41. The van der Waals surface area contributed by atoms with Crippen LogP contribution < -0.4 is 0 Å². The third kappa shape index (κ3) is 3.64. The fourth-order valence-corrected chi connectivity index (χ4v) is 5.33. The number of para-hydroxylation sites is 1. The monoisotopic (exact) mass is 460 g/mol. The molecule has 1 atom stereocenters. The van der Waals surface area contributed by atoms with Crippen LogP contribution >= 0.6 is 11.3 Å². The Bertz CT molecular complexity index is 1390. The molecule has 1 N–H and O–H groups in total. The Balaban J connectivity index is 1.54. The van der Waals surface area contributed by atoms with Crippen LogP contribution in [0.1, 0.15) is 22.0 Å². The number of aliphatic hydroxyl groups excluding tert-OH is 1. The molecule has 1 amide bonds. The largest absolute Gasteiger partial charge is 0.507 e. The lowest BCUT2D eigenvalue weighted by Gasteiger charge is -2.24. The molecule has 0 aliphatic carbocycles. The Labute approximate surface area is 194 Å². The van der Waals surface area contributed by atoms with Gasteiger partial charge in [-0.1, -0.05) is 24.3 Å². The van der Waals surface area contributed by atoms with E-state index in [1.165, 1.54) is 40.5 Å². The van der Waals surface area contributed by atoms with Gasteiger partial charge in [-0.15, -0.1) is 11.3 Å². The number of aromatic nitrogens is 1. The molecule has 5 rings (SSSR count). The van der Waals surface area contributed by atoms with E-state index in [1.54, 1.807) is 0 Å². The second-order valence-corrected chi connectivity index (χ2v) is 9.03. The SMILES string of the molecule is Cn1cc(CCN2C(=O)C(=O)/C(=C(\O)c3ccc(F)cc3)C2c2cccs2)c2ccccc21. The predicted molar refractivity (Wildman–Crippen MR) is 126 cm³/mol. The molecule has 0 radical (unpaired) electrons. The third-order valence-corrected chi connectivity index (χ3v) is 7.00. The first-order valence-electron chi connectivity index (χ1n) is 10.6. The van der Waals surface area contributed by atoms with E-state index in [-0.39, 0.29) is 11.3 Å². The van der Waals surface area contributed by atoms with Crippen molar-refractivity contribution in [3.63, 3.8) is 0 Å². The number of aliphatic hydroxyl groups is 1. The molecule has 1 aliphatic heterocycles. The van der Waals surface area contributed by atoms with E-state index in [0.29, 0.717) is 18.5 Å². The summed E-state index contributed by atoms with van der Waals surface area (Å²) in [6.07, 6.45) is 2.60. The molecule has 5 nitrogen and oxygen atoms in total. The van der Waals surface area contributed by atoms with Gasteiger partial charge in [-0.3, -0.25) is 9.59 Å². The van der Waals surface area contributed by atoms with Gasteiger partial charge in [-0.2, -0.15) is 0 Å². The summed E-state index contributed by atoms with van der Waals surface area (Å²) in [5.74, 6) is -2.11. The van der Waals surface area contributed by atoms with E-state index >= 15 is 0 Å². The molecule has 1 aliphatic rings. The molecular formula is C26H21FN2O3S. The molecule has 1 saturated heterocycles. The minimum absolute atomic E-state index is 0.0342. The summed E-state index contributed by atoms with van der Waals surface area (Å²) in [4.78, 5) is 28.4. The smallest absolute Gasteiger partial charge is 0.295 e. The zero-order valence-electron chi connectivity index (χ0n) is 17.9. The highest BCUT2D eigenvalue weighted by atomic mass is 32.1. The number of thiophene rings is 1. The number of fused-ring (bicyclic) bond motifs is 1. The molecule has 0 bridgehead atoms. The number of carbonyl (C=O) groups excluding carboxylic acids is 2. The highest BCUT2D eigenvalue weighted by Gasteiger charge is 2.46. The van der Waals surface area contributed by atoms with Gasteiger partial charge in [0.05, 0.1) is 11.6 Å². The van der Waals surface area contributed by atoms with Crippen molar-refractivity contribution < 1.29 is 19.1 Å². The number of rotatable bonds is 5. The van der Waals surface area contributed by atoms with Crippen LogP contribution in [-0.4, -0.2) is 32.8 Å². The van der Waals surface area contributed by atoms with Crippen LogP contribution in [0.15, 0.2) is 77.8 Å². The average Bonchev–Trinajstić information content (AvgIpc) is 3.52. The standard InChI is InChI=1S/C26H21FN2O3S/c1-28-15-17(19-5-2-3-6-20(19)28)12-13-29-23(21-7-4-14-33-21)22(25(31)26(29)32)24(30)16-8-10-18(27)11-9-16/h2-11,14-15,23,30H,12-13H2,1H3/b24-22-. The van der Waals surface area contributed by atoms with E-state index < -0.39 is 23.5 Å². The number of hydrogen-bond donors (Lipinski definition) is 1. The molecule has 2 aromatic heterocycles. The molecule has 1 unspecified atom stereocenters. The Hall–Kier alpha value is -3.71. The van der Waals surface area contributed by atoms with Crippen molar-refractivity contribution in [3.8, 4) is 0 Å². The van der Waals surface area contributed by atoms with Crippen LogP contribution in [0.4, 0.5) is 4.39 Å². The van der Waals surface area contributed by atoms with Crippen LogP contribution in [-0.2, 0) is 23.1 Å². The summed E-state index contributed by atoms with van der Waals surface area (Å²) in [5, 5.41) is 14.0. The molecule has 33 heavy (non-hydrogen) atoms. The molecular weight excluding hydrogens is 439 g/mol. The van der Waals surface area contributed by atoms with Gasteiger partial charge in [0.25, 0.3) is 11.7 Å². The normalized spacial score (nSPS) is 17.9. The molecule has 2 aromatic carbocycles. The lowest BCUT2D eigenvalue weighted by atomic mass is 9.99. The van der Waals surface area contributed by atoms with Crippen LogP contribution in [0.5, 0.6) is 0 Å². The van der Waals surface area contributed by atoms with Gasteiger partial charge in [0.15, 0.2) is 0 Å². The number of amides is 1. The van der Waals surface area contributed by atoms with Gasteiger partial charge in [0.1, 0.15) is 11.6 Å². The maximum absolute atomic E-state index is 13.4. The average molecular weight is 461 g/mol. The Morgan fingerprint density at radius 2 is 1.82 bits per heavy atom. The quantitative estimate of drug-likeness (QED) is 0.258. The summed E-state index contributed by atoms with van der Waals surface area (Å²) in [6.45, 7) is 0.321. The summed E-state index contributed by atoms with van der Waals surface area (Å²) in [5.41, 5.74) is 2.51. The number of ketones is 1. The van der Waals surface area contributed by atoms with Crippen molar-refractivity contribution in [3.05, 3.63) is 99.6 Å². The maximum atomic E-state index is 13.4. The van der Waals surface area contributed by atoms with Crippen LogP contribution in [0.2, 0.25) is 0 Å². The highest BCUT2D eigenvalue weighted by molar-refractivity contribution is 7.10. The molecule has 4 aromatic rings. The second kappa shape index (κ2) is 8.33. The molecule has 7 heteroatoms.